The summed E-state index contributed by atoms with van der Waals surface area (Å²) >= 11 is -1.98. The normalized spacial score (nSPS) is 21.6. The molecule has 2 N–H and O–H groups in total. The minimum absolute atomic E-state index is 0.0262. The molecule has 0 amide bonds. The SMILES string of the molecule is Cn1nc2nc1-c1cc(ccn1)[S+]([O-])c1c(F)cc3[nH]ccc3c1CCS(=O)(=O)CC(C)(C)CCC[C@]2(C)c1cccc(CCO)c1. The summed E-state index contributed by atoms with van der Waals surface area (Å²) in [6.07, 6.45) is 5.73. The van der Waals surface area contributed by atoms with E-state index in [2.05, 4.69) is 23.0 Å². The first kappa shape index (κ1) is 33.3. The average molecular weight is 678 g/mol. The van der Waals surface area contributed by atoms with E-state index in [1.54, 1.807) is 36.1 Å². The molecule has 1 aliphatic rings. The number of aryl methyl sites for hydroxylation is 2. The van der Waals surface area contributed by atoms with Crippen molar-refractivity contribution >= 4 is 31.9 Å². The maximum atomic E-state index is 15.8. The van der Waals surface area contributed by atoms with Crippen molar-refractivity contribution < 1.29 is 22.5 Å². The number of nitrogens with zero attached hydrogens (tertiary/aromatic N) is 4. The number of hydrogen-bond donors (Lipinski definition) is 2. The minimum Gasteiger partial charge on any atom is -0.606 e. The Bertz CT molecular complexity index is 2040. The first-order chi connectivity index (χ1) is 22.3. The van der Waals surface area contributed by atoms with E-state index in [0.717, 1.165) is 11.1 Å². The van der Waals surface area contributed by atoms with Gasteiger partial charge in [0, 0.05) is 71.9 Å². The van der Waals surface area contributed by atoms with E-state index in [-0.39, 0.29) is 29.4 Å². The third kappa shape index (κ3) is 6.74. The van der Waals surface area contributed by atoms with Gasteiger partial charge < -0.3 is 14.6 Å². The Kier molecular flexibility index (Phi) is 9.07. The van der Waals surface area contributed by atoms with E-state index in [1.807, 2.05) is 32.0 Å². The lowest BCUT2D eigenvalue weighted by Crippen LogP contribution is -2.29. The molecule has 0 aliphatic carbocycles. The van der Waals surface area contributed by atoms with E-state index in [9.17, 15) is 18.1 Å². The van der Waals surface area contributed by atoms with E-state index in [4.69, 9.17) is 10.1 Å². The van der Waals surface area contributed by atoms with Gasteiger partial charge in [0.2, 0.25) is 0 Å². The van der Waals surface area contributed by atoms with Crippen molar-refractivity contribution in [3.8, 4) is 11.5 Å². The van der Waals surface area contributed by atoms with Crippen LogP contribution in [0.4, 0.5) is 4.39 Å². The number of sulfone groups is 1. The Morgan fingerprint density at radius 3 is 2.72 bits per heavy atom. The quantitative estimate of drug-likeness (QED) is 0.235. The van der Waals surface area contributed by atoms with Gasteiger partial charge in [0.1, 0.15) is 5.69 Å². The Morgan fingerprint density at radius 1 is 1.13 bits per heavy atom. The maximum Gasteiger partial charge on any atom is 0.198 e. The highest BCUT2D eigenvalue weighted by molar-refractivity contribution is 7.92. The van der Waals surface area contributed by atoms with Crippen molar-refractivity contribution in [2.75, 3.05) is 18.1 Å². The number of halogens is 1. The Labute approximate surface area is 277 Å². The number of fused-ring (bicyclic) bond motifs is 8. The standard InChI is InChI=1S/C35H40FN5O4S2/c1-34(2)13-6-14-35(3,24-8-5-7-23(19-24)11-17-42)33-39-32(41(4)40-33)30-20-25(9-15-38-30)46(43)31-27(12-18-47(44,45)22-34)26-10-16-37-29(26)21-28(31)36/h5,7-10,15-16,19-21,37,42H,6,11-14,17-18,22H2,1-4H3/t35-,46?/m1/s1. The highest BCUT2D eigenvalue weighted by Crippen LogP contribution is 2.39. The number of aromatic nitrogens is 5. The Hall–Kier alpha value is -3.58. The van der Waals surface area contributed by atoms with Crippen molar-refractivity contribution in [1.29, 1.82) is 0 Å². The van der Waals surface area contributed by atoms with Crippen LogP contribution in [0.5, 0.6) is 0 Å². The van der Waals surface area contributed by atoms with Gasteiger partial charge in [-0.15, -0.1) is 0 Å². The number of pyridine rings is 1. The van der Waals surface area contributed by atoms with Gasteiger partial charge in [-0.2, -0.15) is 5.10 Å². The predicted molar refractivity (Wildman–Crippen MR) is 181 cm³/mol. The van der Waals surface area contributed by atoms with Crippen molar-refractivity contribution in [1.82, 2.24) is 24.7 Å². The molecule has 1 unspecified atom stereocenters. The number of aliphatic hydroxyl groups is 1. The predicted octanol–water partition coefficient (Wildman–Crippen LogP) is 5.67. The minimum atomic E-state index is -3.57. The Morgan fingerprint density at radius 2 is 1.94 bits per heavy atom. The van der Waals surface area contributed by atoms with Crippen LogP contribution >= 0.6 is 0 Å². The van der Waals surface area contributed by atoms with Gasteiger partial charge in [-0.1, -0.05) is 44.5 Å². The van der Waals surface area contributed by atoms with Crippen LogP contribution in [-0.4, -0.2) is 60.9 Å². The van der Waals surface area contributed by atoms with Crippen LogP contribution in [0.25, 0.3) is 22.4 Å². The van der Waals surface area contributed by atoms with Crippen LogP contribution in [0.2, 0.25) is 0 Å². The zero-order valence-corrected chi connectivity index (χ0v) is 28.7. The van der Waals surface area contributed by atoms with Crippen LogP contribution in [0.15, 0.2) is 70.7 Å². The zero-order chi connectivity index (χ0) is 33.6. The van der Waals surface area contributed by atoms with E-state index in [0.29, 0.717) is 64.4 Å². The highest BCUT2D eigenvalue weighted by Gasteiger charge is 2.36. The van der Waals surface area contributed by atoms with Crippen molar-refractivity contribution in [2.45, 2.75) is 68.1 Å². The molecule has 0 spiro atoms. The lowest BCUT2D eigenvalue weighted by Gasteiger charge is -2.30. The molecular weight excluding hydrogens is 638 g/mol. The van der Waals surface area contributed by atoms with Gasteiger partial charge in [0.15, 0.2) is 37.1 Å². The topological polar surface area (TPSA) is 137 Å². The second-order valence-corrected chi connectivity index (χ2v) is 17.1. The number of aliphatic hydroxyl groups excluding tert-OH is 1. The van der Waals surface area contributed by atoms with Gasteiger partial charge in [0.25, 0.3) is 0 Å². The maximum absolute atomic E-state index is 15.8. The molecule has 0 fully saturated rings. The second kappa shape index (κ2) is 12.8. The summed E-state index contributed by atoms with van der Waals surface area (Å²) in [6.45, 7) is 6.05. The first-order valence-corrected chi connectivity index (χ1v) is 18.8. The van der Waals surface area contributed by atoms with Crippen LogP contribution < -0.4 is 0 Å². The monoisotopic (exact) mass is 677 g/mol. The zero-order valence-electron chi connectivity index (χ0n) is 27.1. The molecule has 12 heteroatoms. The van der Waals surface area contributed by atoms with E-state index >= 15 is 4.39 Å². The molecule has 1 aliphatic heterocycles. The molecule has 2 aromatic carbocycles. The highest BCUT2D eigenvalue weighted by atomic mass is 32.2. The molecule has 4 bridgehead atoms. The second-order valence-electron chi connectivity index (χ2n) is 13.5. The third-order valence-corrected chi connectivity index (χ3v) is 12.8. The van der Waals surface area contributed by atoms with Crippen LogP contribution in [0.3, 0.4) is 0 Å². The van der Waals surface area contributed by atoms with Gasteiger partial charge in [0.05, 0.1) is 16.9 Å². The molecule has 9 nitrogen and oxygen atoms in total. The first-order valence-electron chi connectivity index (χ1n) is 15.8. The van der Waals surface area contributed by atoms with Crippen molar-refractivity contribution in [2.24, 2.45) is 12.5 Å². The molecule has 4 heterocycles. The molecule has 0 radical (unpaired) electrons. The summed E-state index contributed by atoms with van der Waals surface area (Å²) in [5.74, 6) is 0.152. The van der Waals surface area contributed by atoms with Gasteiger partial charge >= 0.3 is 0 Å². The molecular formula is C35H40FN5O4S2. The summed E-state index contributed by atoms with van der Waals surface area (Å²) in [4.78, 5) is 12.8. The summed E-state index contributed by atoms with van der Waals surface area (Å²) in [7, 11) is -1.79. The summed E-state index contributed by atoms with van der Waals surface area (Å²) in [5, 5.41) is 15.1. The van der Waals surface area contributed by atoms with Gasteiger partial charge in [-0.25, -0.2) is 22.5 Å². The number of aromatic amines is 1. The molecule has 47 heavy (non-hydrogen) atoms. The molecule has 0 saturated carbocycles. The molecule has 5 aromatic rings. The number of rotatable bonds is 3. The molecule has 2 atom stereocenters. The fourth-order valence-electron chi connectivity index (χ4n) is 6.78. The smallest absolute Gasteiger partial charge is 0.198 e. The average Bonchev–Trinajstić information content (AvgIpc) is 3.65. The van der Waals surface area contributed by atoms with Crippen molar-refractivity contribution in [3.05, 3.63) is 89.3 Å². The lowest BCUT2D eigenvalue weighted by molar-refractivity contribution is 0.299. The van der Waals surface area contributed by atoms with Gasteiger partial charge in [-0.05, 0) is 55.2 Å². The fourth-order valence-corrected chi connectivity index (χ4v) is 10.1. The fraction of sp³-hybridized carbons (Fsp3) is 0.400. The summed E-state index contributed by atoms with van der Waals surface area (Å²) < 4.78 is 58.9. The molecule has 6 rings (SSSR count). The summed E-state index contributed by atoms with van der Waals surface area (Å²) in [6, 6.07) is 14.3. The van der Waals surface area contributed by atoms with Crippen LogP contribution in [0.1, 0.15) is 62.5 Å². The van der Waals surface area contributed by atoms with Gasteiger partial charge in [-0.3, -0.25) is 4.98 Å². The van der Waals surface area contributed by atoms with E-state index < -0.39 is 37.7 Å². The molecule has 3 aromatic heterocycles. The largest absolute Gasteiger partial charge is 0.606 e. The lowest BCUT2D eigenvalue weighted by atomic mass is 9.75. The number of H-pyrrole nitrogens is 1. The summed E-state index contributed by atoms with van der Waals surface area (Å²) in [5.41, 5.74) is 2.17. The van der Waals surface area contributed by atoms with Crippen LogP contribution in [-0.2, 0) is 46.3 Å². The van der Waals surface area contributed by atoms with E-state index in [1.165, 1.54) is 12.3 Å². The Balaban J connectivity index is 1.52. The number of hydrogen-bond acceptors (Lipinski definition) is 7. The molecule has 248 valence electrons. The number of benzene rings is 2. The molecule has 0 saturated heterocycles. The number of nitrogens with one attached hydrogen (secondary N) is 1. The third-order valence-electron chi connectivity index (χ3n) is 9.25. The van der Waals surface area contributed by atoms with Crippen molar-refractivity contribution in [3.63, 3.8) is 0 Å². The van der Waals surface area contributed by atoms with Crippen LogP contribution in [0, 0.1) is 11.2 Å².